The number of ether oxygens (including phenoxy) is 3. The van der Waals surface area contributed by atoms with Crippen LogP contribution in [0.2, 0.25) is 0 Å². The highest BCUT2D eigenvalue weighted by Gasteiger charge is 2.19. The highest BCUT2D eigenvalue weighted by molar-refractivity contribution is 7.10. The van der Waals surface area contributed by atoms with Crippen LogP contribution in [-0.2, 0) is 4.74 Å². The summed E-state index contributed by atoms with van der Waals surface area (Å²) in [7, 11) is 3.30. The molecular formula is C15H20N2O3S. The van der Waals surface area contributed by atoms with Gasteiger partial charge in [-0.2, -0.15) is 0 Å². The summed E-state index contributed by atoms with van der Waals surface area (Å²) in [6.45, 7) is 1.04. The lowest BCUT2D eigenvalue weighted by atomic mass is 10.0. The Morgan fingerprint density at radius 1 is 1.24 bits per heavy atom. The van der Waals surface area contributed by atoms with E-state index in [1.165, 1.54) is 0 Å². The van der Waals surface area contributed by atoms with Crippen molar-refractivity contribution < 1.29 is 14.2 Å². The molecule has 3 N–H and O–H groups in total. The molecule has 0 saturated heterocycles. The van der Waals surface area contributed by atoms with Crippen LogP contribution in [0.25, 0.3) is 0 Å². The van der Waals surface area contributed by atoms with Crippen LogP contribution in [0.3, 0.4) is 0 Å². The van der Waals surface area contributed by atoms with Gasteiger partial charge in [0.25, 0.3) is 0 Å². The molecule has 0 fully saturated rings. The van der Waals surface area contributed by atoms with Gasteiger partial charge in [0.15, 0.2) is 0 Å². The molecule has 1 aromatic carbocycles. The molecule has 0 saturated carbocycles. The minimum Gasteiger partial charge on any atom is -0.496 e. The number of methoxy groups -OCH3 is 2. The van der Waals surface area contributed by atoms with Crippen molar-refractivity contribution in [2.45, 2.75) is 6.04 Å². The van der Waals surface area contributed by atoms with Gasteiger partial charge in [0, 0.05) is 22.9 Å². The van der Waals surface area contributed by atoms with Gasteiger partial charge in [-0.15, -0.1) is 11.3 Å². The second kappa shape index (κ2) is 7.99. The fourth-order valence-electron chi connectivity index (χ4n) is 2.00. The summed E-state index contributed by atoms with van der Waals surface area (Å²) >= 11 is 1.59. The Morgan fingerprint density at radius 3 is 2.71 bits per heavy atom. The van der Waals surface area contributed by atoms with Crippen molar-refractivity contribution in [3.63, 3.8) is 0 Å². The van der Waals surface area contributed by atoms with E-state index in [0.29, 0.717) is 13.2 Å². The number of nitrogens with one attached hydrogen (secondary N) is 1. The van der Waals surface area contributed by atoms with Crippen molar-refractivity contribution in [3.8, 4) is 11.5 Å². The second-order valence-corrected chi connectivity index (χ2v) is 5.31. The maximum atomic E-state index is 5.77. The molecule has 2 rings (SSSR count). The molecule has 114 valence electrons. The molecule has 0 bridgehead atoms. The van der Waals surface area contributed by atoms with Crippen LogP contribution in [-0.4, -0.2) is 27.4 Å². The molecule has 0 aliphatic rings. The Labute approximate surface area is 128 Å². The van der Waals surface area contributed by atoms with Crippen LogP contribution in [0.1, 0.15) is 16.5 Å². The number of hydrogen-bond acceptors (Lipinski definition) is 6. The minimum atomic E-state index is -0.141. The van der Waals surface area contributed by atoms with Gasteiger partial charge in [-0.05, 0) is 12.1 Å². The maximum Gasteiger partial charge on any atom is 0.129 e. The summed E-state index contributed by atoms with van der Waals surface area (Å²) in [5.74, 6) is 7.37. The van der Waals surface area contributed by atoms with Crippen LogP contribution in [0.4, 0.5) is 0 Å². The number of nitrogens with two attached hydrogens (primary N) is 1. The smallest absolute Gasteiger partial charge is 0.129 e. The van der Waals surface area contributed by atoms with E-state index in [4.69, 9.17) is 20.1 Å². The molecule has 1 aromatic heterocycles. The van der Waals surface area contributed by atoms with E-state index in [9.17, 15) is 0 Å². The van der Waals surface area contributed by atoms with E-state index in [1.54, 1.807) is 25.6 Å². The van der Waals surface area contributed by atoms with Crippen LogP contribution >= 0.6 is 11.3 Å². The second-order valence-electron chi connectivity index (χ2n) is 4.37. The Bertz CT molecular complexity index is 559. The Balaban J connectivity index is 2.24. The van der Waals surface area contributed by atoms with Gasteiger partial charge in [0.1, 0.15) is 18.1 Å². The van der Waals surface area contributed by atoms with Crippen molar-refractivity contribution in [3.05, 3.63) is 46.2 Å². The lowest BCUT2D eigenvalue weighted by Crippen LogP contribution is -2.28. The summed E-state index contributed by atoms with van der Waals surface area (Å²) in [5, 5.41) is 1.95. The number of hydrazine groups is 1. The van der Waals surface area contributed by atoms with Crippen molar-refractivity contribution in [2.24, 2.45) is 5.84 Å². The van der Waals surface area contributed by atoms with Crippen LogP contribution in [0.5, 0.6) is 11.5 Å². The normalized spacial score (nSPS) is 12.1. The van der Waals surface area contributed by atoms with Crippen LogP contribution in [0.15, 0.2) is 35.7 Å². The van der Waals surface area contributed by atoms with E-state index in [1.807, 2.05) is 35.7 Å². The van der Waals surface area contributed by atoms with E-state index < -0.39 is 0 Å². The first-order valence-electron chi connectivity index (χ1n) is 6.59. The van der Waals surface area contributed by atoms with Crippen molar-refractivity contribution in [1.82, 2.24) is 5.43 Å². The topological polar surface area (TPSA) is 65.7 Å². The largest absolute Gasteiger partial charge is 0.496 e. The van der Waals surface area contributed by atoms with Gasteiger partial charge < -0.3 is 14.2 Å². The van der Waals surface area contributed by atoms with Crippen molar-refractivity contribution in [1.29, 1.82) is 0 Å². The molecule has 0 aliphatic carbocycles. The molecule has 1 heterocycles. The first kappa shape index (κ1) is 15.8. The molecule has 0 aliphatic heterocycles. The predicted molar refractivity (Wildman–Crippen MR) is 83.9 cm³/mol. The van der Waals surface area contributed by atoms with Gasteiger partial charge >= 0.3 is 0 Å². The van der Waals surface area contributed by atoms with Gasteiger partial charge in [-0.25, -0.2) is 5.43 Å². The average molecular weight is 308 g/mol. The molecule has 1 atom stereocenters. The highest BCUT2D eigenvalue weighted by Crippen LogP contribution is 2.34. The Morgan fingerprint density at radius 2 is 2.05 bits per heavy atom. The average Bonchev–Trinajstić information content (AvgIpc) is 2.98. The molecule has 0 spiro atoms. The summed E-state index contributed by atoms with van der Waals surface area (Å²) in [5.41, 5.74) is 3.83. The highest BCUT2D eigenvalue weighted by atomic mass is 32.1. The standard InChI is InChI=1S/C15H20N2O3S/c1-18-7-8-20-13-6-4-3-5-12(13)15(17-16)14-9-11(19-2)10-21-14/h3-6,9-10,15,17H,7-8,16H2,1-2H3. The monoisotopic (exact) mass is 308 g/mol. The molecule has 1 unspecified atom stereocenters. The van der Waals surface area contributed by atoms with Crippen LogP contribution < -0.4 is 20.7 Å². The quantitative estimate of drug-likeness (QED) is 0.445. The third-order valence-electron chi connectivity index (χ3n) is 3.06. The molecule has 21 heavy (non-hydrogen) atoms. The molecule has 2 aromatic rings. The lowest BCUT2D eigenvalue weighted by molar-refractivity contribution is 0.145. The third-order valence-corrected chi connectivity index (χ3v) is 4.03. The number of para-hydroxylation sites is 1. The summed E-state index contributed by atoms with van der Waals surface area (Å²) in [4.78, 5) is 1.07. The zero-order chi connectivity index (χ0) is 15.1. The van der Waals surface area contributed by atoms with Crippen molar-refractivity contribution in [2.75, 3.05) is 27.4 Å². The van der Waals surface area contributed by atoms with E-state index in [0.717, 1.165) is 21.9 Å². The maximum absolute atomic E-state index is 5.77. The Kier molecular flexibility index (Phi) is 6.01. The first-order valence-corrected chi connectivity index (χ1v) is 7.47. The minimum absolute atomic E-state index is 0.141. The zero-order valence-corrected chi connectivity index (χ0v) is 13.0. The summed E-state index contributed by atoms with van der Waals surface area (Å²) in [6, 6.07) is 9.67. The number of benzene rings is 1. The van der Waals surface area contributed by atoms with E-state index in [-0.39, 0.29) is 6.04 Å². The van der Waals surface area contributed by atoms with Gasteiger partial charge in [0.05, 0.1) is 19.8 Å². The Hall–Kier alpha value is -1.60. The zero-order valence-electron chi connectivity index (χ0n) is 12.2. The van der Waals surface area contributed by atoms with E-state index in [2.05, 4.69) is 5.43 Å². The van der Waals surface area contributed by atoms with Gasteiger partial charge in [-0.1, -0.05) is 18.2 Å². The SMILES string of the molecule is COCCOc1ccccc1C(NN)c1cc(OC)cs1. The van der Waals surface area contributed by atoms with E-state index >= 15 is 0 Å². The predicted octanol–water partition coefficient (Wildman–Crippen LogP) is 2.33. The molecule has 0 radical (unpaired) electrons. The summed E-state index contributed by atoms with van der Waals surface area (Å²) < 4.78 is 16.0. The fourth-order valence-corrected chi connectivity index (χ4v) is 2.94. The molecule has 6 heteroatoms. The lowest BCUT2D eigenvalue weighted by Gasteiger charge is -2.18. The van der Waals surface area contributed by atoms with Crippen LogP contribution in [0, 0.1) is 0 Å². The summed E-state index contributed by atoms with van der Waals surface area (Å²) in [6.07, 6.45) is 0. The molecular weight excluding hydrogens is 288 g/mol. The molecule has 5 nitrogen and oxygen atoms in total. The number of hydrogen-bond donors (Lipinski definition) is 2. The van der Waals surface area contributed by atoms with Crippen molar-refractivity contribution >= 4 is 11.3 Å². The number of rotatable bonds is 8. The van der Waals surface area contributed by atoms with Gasteiger partial charge in [-0.3, -0.25) is 5.84 Å². The first-order chi connectivity index (χ1) is 10.3. The number of thiophene rings is 1. The fraction of sp³-hybridized carbons (Fsp3) is 0.333. The molecule has 0 amide bonds. The third kappa shape index (κ3) is 3.95. The van der Waals surface area contributed by atoms with Gasteiger partial charge in [0.2, 0.25) is 0 Å².